The number of aromatic nitrogens is 2. The number of amides is 1. The summed E-state index contributed by atoms with van der Waals surface area (Å²) in [6, 6.07) is 21.2. The van der Waals surface area contributed by atoms with Crippen LogP contribution in [0.5, 0.6) is 5.75 Å². The minimum absolute atomic E-state index is 0.270. The van der Waals surface area contributed by atoms with E-state index in [0.29, 0.717) is 30.3 Å². The number of furan rings is 1. The van der Waals surface area contributed by atoms with Gasteiger partial charge in [0, 0.05) is 13.3 Å². The molecular weight excluding hydrogens is 392 g/mol. The van der Waals surface area contributed by atoms with Crippen molar-refractivity contribution in [2.24, 2.45) is 12.0 Å². The van der Waals surface area contributed by atoms with E-state index >= 15 is 0 Å². The van der Waals surface area contributed by atoms with Crippen LogP contribution < -0.4 is 10.1 Å². The molecule has 2 aromatic heterocycles. The lowest BCUT2D eigenvalue weighted by molar-refractivity contribution is 0.0939. The largest absolute Gasteiger partial charge is 0.489 e. The average Bonchev–Trinajstić information content (AvgIpc) is 3.46. The fraction of sp³-hybridized carbons (Fsp3) is 0.125. The lowest BCUT2D eigenvalue weighted by Crippen LogP contribution is -2.25. The summed E-state index contributed by atoms with van der Waals surface area (Å²) >= 11 is 0. The Morgan fingerprint density at radius 3 is 2.68 bits per heavy atom. The number of benzene rings is 2. The molecule has 7 nitrogen and oxygen atoms in total. The summed E-state index contributed by atoms with van der Waals surface area (Å²) in [6.07, 6.45) is 4.83. The highest BCUT2D eigenvalue weighted by Gasteiger charge is 2.16. The Morgan fingerprint density at radius 2 is 1.94 bits per heavy atom. The van der Waals surface area contributed by atoms with Crippen molar-refractivity contribution in [1.82, 2.24) is 15.1 Å². The van der Waals surface area contributed by atoms with Crippen molar-refractivity contribution < 1.29 is 13.9 Å². The second-order valence-electron chi connectivity index (χ2n) is 6.87. The van der Waals surface area contributed by atoms with Crippen molar-refractivity contribution in [3.05, 3.63) is 102 Å². The van der Waals surface area contributed by atoms with E-state index < -0.39 is 0 Å². The van der Waals surface area contributed by atoms with E-state index in [1.165, 1.54) is 4.68 Å². The van der Waals surface area contributed by atoms with Crippen LogP contribution in [-0.2, 0) is 20.2 Å². The fourth-order valence-corrected chi connectivity index (χ4v) is 2.98. The third kappa shape index (κ3) is 5.27. The summed E-state index contributed by atoms with van der Waals surface area (Å²) in [4.78, 5) is 17.0. The van der Waals surface area contributed by atoms with Gasteiger partial charge in [0.25, 0.3) is 5.91 Å². The van der Waals surface area contributed by atoms with Crippen LogP contribution in [-0.4, -0.2) is 21.9 Å². The Hall–Kier alpha value is -4.13. The van der Waals surface area contributed by atoms with Crippen LogP contribution in [0.3, 0.4) is 0 Å². The molecule has 7 heteroatoms. The summed E-state index contributed by atoms with van der Waals surface area (Å²) in [7, 11) is 1.71. The number of hydrogen-bond acceptors (Lipinski definition) is 5. The van der Waals surface area contributed by atoms with Crippen molar-refractivity contribution in [3.63, 3.8) is 0 Å². The molecule has 31 heavy (non-hydrogen) atoms. The third-order valence-electron chi connectivity index (χ3n) is 4.62. The number of aryl methyl sites for hydroxylation is 1. The first-order chi connectivity index (χ1) is 15.2. The molecule has 0 bridgehead atoms. The maximum Gasteiger partial charge on any atom is 0.272 e. The Balaban J connectivity index is 1.38. The van der Waals surface area contributed by atoms with Gasteiger partial charge in [0.15, 0.2) is 5.69 Å². The smallest absolute Gasteiger partial charge is 0.272 e. The third-order valence-corrected chi connectivity index (χ3v) is 4.62. The summed E-state index contributed by atoms with van der Waals surface area (Å²) in [5.74, 6) is 1.18. The zero-order valence-corrected chi connectivity index (χ0v) is 17.1. The van der Waals surface area contributed by atoms with E-state index in [0.717, 1.165) is 16.9 Å². The summed E-state index contributed by atoms with van der Waals surface area (Å²) in [6.45, 7) is 0.811. The van der Waals surface area contributed by atoms with Crippen LogP contribution in [0, 0.1) is 0 Å². The van der Waals surface area contributed by atoms with Gasteiger partial charge in [-0.15, -0.1) is 0 Å². The molecule has 0 spiro atoms. The minimum atomic E-state index is -0.270. The first-order valence-electron chi connectivity index (χ1n) is 9.82. The van der Waals surface area contributed by atoms with Gasteiger partial charge in [-0.2, -0.15) is 5.10 Å². The predicted molar refractivity (Wildman–Crippen MR) is 118 cm³/mol. The molecular formula is C24H22N4O3. The molecule has 1 amide bonds. The van der Waals surface area contributed by atoms with Gasteiger partial charge in [-0.1, -0.05) is 30.3 Å². The van der Waals surface area contributed by atoms with Crippen molar-refractivity contribution in [1.29, 1.82) is 0 Å². The summed E-state index contributed by atoms with van der Waals surface area (Å²) in [5, 5.41) is 6.98. The normalized spacial score (nSPS) is 11.0. The molecule has 2 heterocycles. The van der Waals surface area contributed by atoms with Crippen molar-refractivity contribution in [2.45, 2.75) is 13.2 Å². The van der Waals surface area contributed by atoms with Crippen molar-refractivity contribution >= 4 is 17.8 Å². The quantitative estimate of drug-likeness (QED) is 0.437. The van der Waals surface area contributed by atoms with E-state index in [2.05, 4.69) is 15.4 Å². The van der Waals surface area contributed by atoms with Gasteiger partial charge in [0.05, 0.1) is 19.0 Å². The molecule has 4 aromatic rings. The zero-order valence-electron chi connectivity index (χ0n) is 17.1. The maximum atomic E-state index is 12.6. The molecule has 0 saturated carbocycles. The van der Waals surface area contributed by atoms with Crippen LogP contribution in [0.25, 0.3) is 0 Å². The van der Waals surface area contributed by atoms with Gasteiger partial charge in [-0.25, -0.2) is 0 Å². The number of nitrogens with zero attached hydrogens (tertiary/aromatic N) is 3. The molecule has 0 aliphatic carbocycles. The molecule has 0 fully saturated rings. The van der Waals surface area contributed by atoms with Gasteiger partial charge in [-0.05, 0) is 47.5 Å². The number of rotatable bonds is 8. The SMILES string of the molecule is Cn1ncc(N=Cc2ccc(OCc3ccccc3)cc2)c1C(=O)NCc1ccco1. The fourth-order valence-electron chi connectivity index (χ4n) is 2.98. The van der Waals surface area contributed by atoms with Crippen LogP contribution >= 0.6 is 0 Å². The predicted octanol–water partition coefficient (Wildman–Crippen LogP) is 4.27. The molecule has 1 N–H and O–H groups in total. The second kappa shape index (κ2) is 9.58. The number of carbonyl (C=O) groups excluding carboxylic acids is 1. The summed E-state index contributed by atoms with van der Waals surface area (Å²) in [5.41, 5.74) is 2.87. The number of aliphatic imine (C=N–C) groups is 1. The Bertz CT molecular complexity index is 1150. The monoisotopic (exact) mass is 414 g/mol. The molecule has 0 radical (unpaired) electrons. The zero-order chi connectivity index (χ0) is 21.5. The van der Waals surface area contributed by atoms with Crippen LogP contribution in [0.2, 0.25) is 0 Å². The van der Waals surface area contributed by atoms with E-state index in [4.69, 9.17) is 9.15 Å². The van der Waals surface area contributed by atoms with Gasteiger partial charge >= 0.3 is 0 Å². The molecule has 0 unspecified atom stereocenters. The highest BCUT2D eigenvalue weighted by Crippen LogP contribution is 2.19. The van der Waals surface area contributed by atoms with E-state index in [1.807, 2.05) is 54.6 Å². The molecule has 0 aliphatic heterocycles. The second-order valence-corrected chi connectivity index (χ2v) is 6.87. The van der Waals surface area contributed by atoms with E-state index in [-0.39, 0.29) is 5.91 Å². The molecule has 2 aromatic carbocycles. The lowest BCUT2D eigenvalue weighted by atomic mass is 10.2. The highest BCUT2D eigenvalue weighted by molar-refractivity contribution is 5.98. The van der Waals surface area contributed by atoms with E-state index in [1.54, 1.807) is 37.9 Å². The molecule has 156 valence electrons. The van der Waals surface area contributed by atoms with Gasteiger partial charge in [0.2, 0.25) is 0 Å². The van der Waals surface area contributed by atoms with Crippen molar-refractivity contribution in [3.8, 4) is 5.75 Å². The number of carbonyl (C=O) groups is 1. The lowest BCUT2D eigenvalue weighted by Gasteiger charge is -2.06. The Kier molecular flexibility index (Phi) is 6.23. The molecule has 0 aliphatic rings. The van der Waals surface area contributed by atoms with Gasteiger partial charge in [0.1, 0.15) is 23.8 Å². The Labute approximate surface area is 180 Å². The van der Waals surface area contributed by atoms with Gasteiger partial charge in [-0.3, -0.25) is 14.5 Å². The maximum absolute atomic E-state index is 12.6. The van der Waals surface area contributed by atoms with Crippen LogP contribution in [0.1, 0.15) is 27.4 Å². The van der Waals surface area contributed by atoms with Crippen molar-refractivity contribution in [2.75, 3.05) is 0 Å². The Morgan fingerprint density at radius 1 is 1.13 bits per heavy atom. The van der Waals surface area contributed by atoms with E-state index in [9.17, 15) is 4.79 Å². The average molecular weight is 414 g/mol. The number of ether oxygens (including phenoxy) is 1. The number of hydrogen-bond donors (Lipinski definition) is 1. The molecule has 0 saturated heterocycles. The summed E-state index contributed by atoms with van der Waals surface area (Å²) < 4.78 is 12.5. The first kappa shape index (κ1) is 20.2. The van der Waals surface area contributed by atoms with Gasteiger partial charge < -0.3 is 14.5 Å². The highest BCUT2D eigenvalue weighted by atomic mass is 16.5. The number of nitrogens with one attached hydrogen (secondary N) is 1. The topological polar surface area (TPSA) is 81.6 Å². The minimum Gasteiger partial charge on any atom is -0.489 e. The first-order valence-corrected chi connectivity index (χ1v) is 9.82. The molecule has 4 rings (SSSR count). The van der Waals surface area contributed by atoms with Crippen LogP contribution in [0.4, 0.5) is 5.69 Å². The van der Waals surface area contributed by atoms with Crippen LogP contribution in [0.15, 0.2) is 88.6 Å². The molecule has 0 atom stereocenters. The standard InChI is InChI=1S/C24H22N4O3/c1-28-23(24(29)26-15-21-8-5-13-30-21)22(16-27-28)25-14-18-9-11-20(12-10-18)31-17-19-6-3-2-4-7-19/h2-14,16H,15,17H2,1H3,(H,26,29).